The van der Waals surface area contributed by atoms with Crippen molar-refractivity contribution in [2.75, 3.05) is 6.61 Å². The summed E-state index contributed by atoms with van der Waals surface area (Å²) in [5.41, 5.74) is 1.14. The molecule has 78 valence electrons. The van der Waals surface area contributed by atoms with Crippen molar-refractivity contribution in [3.63, 3.8) is 0 Å². The zero-order valence-corrected chi connectivity index (χ0v) is 8.22. The van der Waals surface area contributed by atoms with E-state index in [9.17, 15) is 4.79 Å². The molecule has 0 spiro atoms. The Labute approximate surface area is 88.0 Å². The summed E-state index contributed by atoms with van der Waals surface area (Å²) in [5.74, 6) is 0.169. The third-order valence-corrected chi connectivity index (χ3v) is 2.42. The Morgan fingerprint density at radius 3 is 3.07 bits per heavy atom. The number of carboxylic acids is 1. The Bertz CT molecular complexity index is 396. The maximum Gasteiger partial charge on any atom is 0.327 e. The molecule has 0 saturated heterocycles. The highest BCUT2D eigenvalue weighted by Crippen LogP contribution is 2.27. The second kappa shape index (κ2) is 4.17. The molecule has 0 unspecified atom stereocenters. The normalized spacial score (nSPS) is 19.6. The van der Waals surface area contributed by atoms with Crippen LogP contribution in [0.15, 0.2) is 36.4 Å². The van der Waals surface area contributed by atoms with Crippen molar-refractivity contribution in [2.24, 2.45) is 5.92 Å². The summed E-state index contributed by atoms with van der Waals surface area (Å²) in [6.45, 7) is 0.556. The minimum atomic E-state index is -0.908. The Morgan fingerprint density at radius 2 is 2.27 bits per heavy atom. The highest BCUT2D eigenvalue weighted by atomic mass is 16.5. The molecule has 1 N–H and O–H groups in total. The van der Waals surface area contributed by atoms with Gasteiger partial charge in [-0.05, 0) is 18.1 Å². The number of hydrogen-bond acceptors (Lipinski definition) is 2. The van der Waals surface area contributed by atoms with Crippen LogP contribution >= 0.6 is 0 Å². The van der Waals surface area contributed by atoms with E-state index in [1.54, 1.807) is 6.08 Å². The zero-order valence-electron chi connectivity index (χ0n) is 8.22. The largest absolute Gasteiger partial charge is 0.493 e. The lowest BCUT2D eigenvalue weighted by molar-refractivity contribution is -0.131. The van der Waals surface area contributed by atoms with Gasteiger partial charge in [-0.25, -0.2) is 4.79 Å². The second-order valence-corrected chi connectivity index (χ2v) is 3.58. The smallest absolute Gasteiger partial charge is 0.327 e. The molecule has 1 heterocycles. The van der Waals surface area contributed by atoms with Gasteiger partial charge in [0.25, 0.3) is 0 Å². The number of para-hydroxylation sites is 1. The van der Waals surface area contributed by atoms with Gasteiger partial charge in [0, 0.05) is 12.0 Å². The molecule has 15 heavy (non-hydrogen) atoms. The summed E-state index contributed by atoms with van der Waals surface area (Å²) in [6, 6.07) is 7.85. The maximum atomic E-state index is 10.4. The SMILES string of the molecule is O=C(O)/C=C/[C@@H]1COc2ccccc2C1. The van der Waals surface area contributed by atoms with Gasteiger partial charge in [-0.2, -0.15) is 0 Å². The number of aliphatic carboxylic acids is 1. The van der Waals surface area contributed by atoms with E-state index in [4.69, 9.17) is 9.84 Å². The predicted octanol–water partition coefficient (Wildman–Crippen LogP) is 1.88. The van der Waals surface area contributed by atoms with Gasteiger partial charge in [-0.15, -0.1) is 0 Å². The molecule has 1 aromatic rings. The molecule has 3 heteroatoms. The molecule has 0 saturated carbocycles. The Balaban J connectivity index is 2.09. The third-order valence-electron chi connectivity index (χ3n) is 2.42. The molecule has 0 bridgehead atoms. The van der Waals surface area contributed by atoms with E-state index in [0.717, 1.165) is 17.7 Å². The van der Waals surface area contributed by atoms with Gasteiger partial charge in [0.15, 0.2) is 0 Å². The van der Waals surface area contributed by atoms with Crippen molar-refractivity contribution < 1.29 is 14.6 Å². The van der Waals surface area contributed by atoms with E-state index in [-0.39, 0.29) is 5.92 Å². The number of carbonyl (C=O) groups is 1. The van der Waals surface area contributed by atoms with E-state index >= 15 is 0 Å². The Kier molecular flexibility index (Phi) is 2.72. The lowest BCUT2D eigenvalue weighted by Crippen LogP contribution is -2.19. The molecular weight excluding hydrogens is 192 g/mol. The molecule has 0 radical (unpaired) electrons. The number of ether oxygens (including phenoxy) is 1. The summed E-state index contributed by atoms with van der Waals surface area (Å²) in [5, 5.41) is 8.51. The van der Waals surface area contributed by atoms with Crippen LogP contribution in [0.5, 0.6) is 5.75 Å². The standard InChI is InChI=1S/C12H12O3/c13-12(14)6-5-9-7-10-3-1-2-4-11(10)15-8-9/h1-6,9H,7-8H2,(H,13,14)/b6-5+/t9-/m0/s1. The molecular formula is C12H12O3. The summed E-state index contributed by atoms with van der Waals surface area (Å²) >= 11 is 0. The van der Waals surface area contributed by atoms with E-state index in [0.29, 0.717) is 6.61 Å². The van der Waals surface area contributed by atoms with Crippen molar-refractivity contribution in [3.05, 3.63) is 42.0 Å². The van der Waals surface area contributed by atoms with Gasteiger partial charge in [0.2, 0.25) is 0 Å². The monoisotopic (exact) mass is 204 g/mol. The molecule has 0 fully saturated rings. The molecule has 1 aliphatic rings. The molecule has 3 nitrogen and oxygen atoms in total. The summed E-state index contributed by atoms with van der Waals surface area (Å²) in [7, 11) is 0. The van der Waals surface area contributed by atoms with Gasteiger partial charge < -0.3 is 9.84 Å². The van der Waals surface area contributed by atoms with Gasteiger partial charge in [-0.1, -0.05) is 24.3 Å². The second-order valence-electron chi connectivity index (χ2n) is 3.58. The van der Waals surface area contributed by atoms with E-state index in [2.05, 4.69) is 0 Å². The van der Waals surface area contributed by atoms with Crippen LogP contribution in [-0.4, -0.2) is 17.7 Å². The molecule has 2 rings (SSSR count). The first-order valence-corrected chi connectivity index (χ1v) is 4.87. The van der Waals surface area contributed by atoms with Gasteiger partial charge in [0.1, 0.15) is 5.75 Å². The van der Waals surface area contributed by atoms with Crippen LogP contribution in [-0.2, 0) is 11.2 Å². The van der Waals surface area contributed by atoms with E-state index in [1.165, 1.54) is 6.08 Å². The fourth-order valence-electron chi connectivity index (χ4n) is 1.69. The number of benzene rings is 1. The van der Waals surface area contributed by atoms with Crippen molar-refractivity contribution in [1.29, 1.82) is 0 Å². The molecule has 1 aliphatic heterocycles. The highest BCUT2D eigenvalue weighted by molar-refractivity contribution is 5.79. The van der Waals surface area contributed by atoms with E-state index < -0.39 is 5.97 Å². The summed E-state index contributed by atoms with van der Waals surface area (Å²) in [6.07, 6.45) is 3.72. The predicted molar refractivity (Wildman–Crippen MR) is 55.9 cm³/mol. The number of fused-ring (bicyclic) bond motifs is 1. The molecule has 0 aromatic heterocycles. The minimum Gasteiger partial charge on any atom is -0.493 e. The fraction of sp³-hybridized carbons (Fsp3) is 0.250. The number of rotatable bonds is 2. The average Bonchev–Trinajstić information content (AvgIpc) is 2.26. The van der Waals surface area contributed by atoms with Crippen LogP contribution in [0.1, 0.15) is 5.56 Å². The van der Waals surface area contributed by atoms with Crippen molar-refractivity contribution >= 4 is 5.97 Å². The lowest BCUT2D eigenvalue weighted by Gasteiger charge is -2.22. The zero-order chi connectivity index (χ0) is 10.7. The van der Waals surface area contributed by atoms with Crippen LogP contribution in [0.4, 0.5) is 0 Å². The maximum absolute atomic E-state index is 10.4. The summed E-state index contributed by atoms with van der Waals surface area (Å²) in [4.78, 5) is 10.4. The van der Waals surface area contributed by atoms with Crippen LogP contribution in [0.25, 0.3) is 0 Å². The molecule has 1 aromatic carbocycles. The molecule has 0 aliphatic carbocycles. The van der Waals surface area contributed by atoms with Gasteiger partial charge in [-0.3, -0.25) is 0 Å². The first-order valence-electron chi connectivity index (χ1n) is 4.87. The van der Waals surface area contributed by atoms with Crippen LogP contribution in [0.3, 0.4) is 0 Å². The fourth-order valence-corrected chi connectivity index (χ4v) is 1.69. The Hall–Kier alpha value is -1.77. The van der Waals surface area contributed by atoms with Crippen LogP contribution in [0, 0.1) is 5.92 Å². The average molecular weight is 204 g/mol. The third kappa shape index (κ3) is 2.37. The molecule has 0 amide bonds. The van der Waals surface area contributed by atoms with Gasteiger partial charge >= 0.3 is 5.97 Å². The van der Waals surface area contributed by atoms with Crippen molar-refractivity contribution in [1.82, 2.24) is 0 Å². The number of hydrogen-bond donors (Lipinski definition) is 1. The van der Waals surface area contributed by atoms with Crippen molar-refractivity contribution in [2.45, 2.75) is 6.42 Å². The Morgan fingerprint density at radius 1 is 1.47 bits per heavy atom. The van der Waals surface area contributed by atoms with Crippen LogP contribution in [0.2, 0.25) is 0 Å². The minimum absolute atomic E-state index is 0.163. The topological polar surface area (TPSA) is 46.5 Å². The highest BCUT2D eigenvalue weighted by Gasteiger charge is 2.16. The van der Waals surface area contributed by atoms with Crippen LogP contribution < -0.4 is 4.74 Å². The van der Waals surface area contributed by atoms with Crippen molar-refractivity contribution in [3.8, 4) is 5.75 Å². The first kappa shape index (κ1) is 9.77. The van der Waals surface area contributed by atoms with E-state index in [1.807, 2.05) is 24.3 Å². The first-order chi connectivity index (χ1) is 7.25. The molecule has 1 atom stereocenters. The number of carboxylic acid groups (broad SMARTS) is 1. The lowest BCUT2D eigenvalue weighted by atomic mass is 9.96. The summed E-state index contributed by atoms with van der Waals surface area (Å²) < 4.78 is 5.52. The quantitative estimate of drug-likeness (QED) is 0.748. The van der Waals surface area contributed by atoms with Gasteiger partial charge in [0.05, 0.1) is 6.61 Å².